The lowest BCUT2D eigenvalue weighted by Crippen LogP contribution is -2.46. The second-order valence-electron chi connectivity index (χ2n) is 6.39. The van der Waals surface area contributed by atoms with E-state index in [1.54, 1.807) is 0 Å². The van der Waals surface area contributed by atoms with Crippen LogP contribution in [0, 0.1) is 5.92 Å². The van der Waals surface area contributed by atoms with Crippen molar-refractivity contribution in [2.75, 3.05) is 13.1 Å². The third kappa shape index (κ3) is 4.27. The molecule has 118 valence electrons. The summed E-state index contributed by atoms with van der Waals surface area (Å²) in [6.07, 6.45) is 4.11. The van der Waals surface area contributed by atoms with Crippen LogP contribution in [0.5, 0.6) is 0 Å². The van der Waals surface area contributed by atoms with Gasteiger partial charge in [0.25, 0.3) is 0 Å². The molecule has 3 amide bonds. The van der Waals surface area contributed by atoms with E-state index in [0.717, 1.165) is 17.7 Å². The number of rotatable bonds is 5. The normalized spacial score (nSPS) is 29.8. The summed E-state index contributed by atoms with van der Waals surface area (Å²) in [4.78, 5) is 35.8. The average molecular weight is 296 g/mol. The van der Waals surface area contributed by atoms with Crippen molar-refractivity contribution in [2.24, 2.45) is 5.92 Å². The quantitative estimate of drug-likeness (QED) is 0.727. The van der Waals surface area contributed by atoms with E-state index in [4.69, 9.17) is 0 Å². The van der Waals surface area contributed by atoms with E-state index in [1.807, 2.05) is 0 Å². The number of carbonyl (C=O) groups is 3. The number of nitrogens with one attached hydrogen (secondary N) is 1. The molecule has 0 bridgehead atoms. The molecular weight excluding hydrogens is 272 g/mol. The van der Waals surface area contributed by atoms with Crippen LogP contribution >= 0.6 is 0 Å². The molecule has 6 heteroatoms. The van der Waals surface area contributed by atoms with Crippen molar-refractivity contribution >= 4 is 17.7 Å². The van der Waals surface area contributed by atoms with Gasteiger partial charge in [-0.15, -0.1) is 0 Å². The van der Waals surface area contributed by atoms with Gasteiger partial charge >= 0.3 is 0 Å². The summed E-state index contributed by atoms with van der Waals surface area (Å²) in [5, 5.41) is 13.1. The molecule has 0 aromatic rings. The first-order chi connectivity index (χ1) is 9.89. The second-order valence-corrected chi connectivity index (χ2v) is 6.39. The Morgan fingerprint density at radius 1 is 1.38 bits per heavy atom. The highest BCUT2D eigenvalue weighted by molar-refractivity contribution is 6.02. The van der Waals surface area contributed by atoms with Crippen molar-refractivity contribution in [3.8, 4) is 0 Å². The third-order valence-corrected chi connectivity index (χ3v) is 4.40. The minimum atomic E-state index is -0.813. The van der Waals surface area contributed by atoms with E-state index >= 15 is 0 Å². The van der Waals surface area contributed by atoms with Crippen LogP contribution in [0.25, 0.3) is 0 Å². The van der Waals surface area contributed by atoms with Crippen LogP contribution < -0.4 is 5.32 Å². The van der Waals surface area contributed by atoms with Crippen LogP contribution in [0.2, 0.25) is 0 Å². The molecule has 1 saturated carbocycles. The SMILES string of the molecule is CC1CCCC(O)(CNC(=O)CCN2C(=O)CCC2=O)C1. The number of nitrogens with zero attached hydrogens (tertiary/aromatic N) is 1. The van der Waals surface area contributed by atoms with Gasteiger partial charge in [0.05, 0.1) is 5.60 Å². The average Bonchev–Trinajstić information content (AvgIpc) is 2.73. The minimum Gasteiger partial charge on any atom is -0.388 e. The molecule has 2 rings (SSSR count). The zero-order chi connectivity index (χ0) is 15.5. The predicted molar refractivity (Wildman–Crippen MR) is 76.2 cm³/mol. The molecule has 1 heterocycles. The molecule has 0 aromatic carbocycles. The maximum Gasteiger partial charge on any atom is 0.229 e. The van der Waals surface area contributed by atoms with E-state index in [0.29, 0.717) is 18.8 Å². The zero-order valence-electron chi connectivity index (χ0n) is 12.6. The van der Waals surface area contributed by atoms with Gasteiger partial charge in [0.1, 0.15) is 0 Å². The van der Waals surface area contributed by atoms with Crippen LogP contribution in [0.4, 0.5) is 0 Å². The van der Waals surface area contributed by atoms with Crippen molar-refractivity contribution < 1.29 is 19.5 Å². The fourth-order valence-corrected chi connectivity index (χ4v) is 3.23. The predicted octanol–water partition coefficient (Wildman–Crippen LogP) is 0.583. The van der Waals surface area contributed by atoms with Gasteiger partial charge in [-0.2, -0.15) is 0 Å². The van der Waals surface area contributed by atoms with E-state index in [9.17, 15) is 19.5 Å². The molecule has 1 saturated heterocycles. The zero-order valence-corrected chi connectivity index (χ0v) is 12.6. The third-order valence-electron chi connectivity index (χ3n) is 4.40. The van der Waals surface area contributed by atoms with E-state index in [2.05, 4.69) is 12.2 Å². The van der Waals surface area contributed by atoms with Gasteiger partial charge in [0, 0.05) is 32.4 Å². The lowest BCUT2D eigenvalue weighted by atomic mass is 9.79. The lowest BCUT2D eigenvalue weighted by molar-refractivity contribution is -0.138. The second kappa shape index (κ2) is 6.56. The van der Waals surface area contributed by atoms with Gasteiger partial charge in [-0.3, -0.25) is 19.3 Å². The molecule has 2 unspecified atom stereocenters. The molecule has 21 heavy (non-hydrogen) atoms. The van der Waals surface area contributed by atoms with Gasteiger partial charge in [0.2, 0.25) is 17.7 Å². The van der Waals surface area contributed by atoms with Gasteiger partial charge in [-0.1, -0.05) is 19.8 Å². The Balaban J connectivity index is 1.72. The molecule has 6 nitrogen and oxygen atoms in total. The summed E-state index contributed by atoms with van der Waals surface area (Å²) in [6, 6.07) is 0. The molecule has 2 fully saturated rings. The molecule has 1 aliphatic heterocycles. The highest BCUT2D eigenvalue weighted by Crippen LogP contribution is 2.31. The summed E-state index contributed by atoms with van der Waals surface area (Å²) in [6.45, 7) is 2.49. The monoisotopic (exact) mass is 296 g/mol. The maximum absolute atomic E-state index is 11.8. The van der Waals surface area contributed by atoms with Crippen molar-refractivity contribution in [1.29, 1.82) is 0 Å². The van der Waals surface area contributed by atoms with Crippen molar-refractivity contribution in [2.45, 2.75) is 57.5 Å². The summed E-state index contributed by atoms with van der Waals surface area (Å²) < 4.78 is 0. The van der Waals surface area contributed by atoms with E-state index < -0.39 is 5.60 Å². The highest BCUT2D eigenvalue weighted by Gasteiger charge is 2.33. The maximum atomic E-state index is 11.8. The van der Waals surface area contributed by atoms with Crippen molar-refractivity contribution in [1.82, 2.24) is 10.2 Å². The first-order valence-electron chi connectivity index (χ1n) is 7.72. The van der Waals surface area contributed by atoms with Gasteiger partial charge < -0.3 is 10.4 Å². The summed E-state index contributed by atoms with van der Waals surface area (Å²) in [5.74, 6) is -0.158. The first-order valence-corrected chi connectivity index (χ1v) is 7.72. The Morgan fingerprint density at radius 2 is 2.05 bits per heavy atom. The number of carbonyl (C=O) groups excluding carboxylic acids is 3. The fraction of sp³-hybridized carbons (Fsp3) is 0.800. The Bertz CT molecular complexity index is 421. The molecule has 0 spiro atoms. The Kier molecular flexibility index (Phi) is 4.98. The molecule has 0 aromatic heterocycles. The van der Waals surface area contributed by atoms with Crippen molar-refractivity contribution in [3.63, 3.8) is 0 Å². The molecular formula is C15H24N2O4. The Hall–Kier alpha value is -1.43. The summed E-state index contributed by atoms with van der Waals surface area (Å²) in [5.41, 5.74) is -0.813. The fourth-order valence-electron chi connectivity index (χ4n) is 3.23. The van der Waals surface area contributed by atoms with Crippen LogP contribution in [0.3, 0.4) is 0 Å². The van der Waals surface area contributed by atoms with Gasteiger partial charge in [-0.05, 0) is 18.8 Å². The summed E-state index contributed by atoms with van der Waals surface area (Å²) >= 11 is 0. The number of hydrogen-bond acceptors (Lipinski definition) is 4. The van der Waals surface area contributed by atoms with Crippen LogP contribution in [-0.4, -0.2) is 46.4 Å². The number of aliphatic hydroxyl groups is 1. The Labute approximate surface area is 124 Å². The summed E-state index contributed by atoms with van der Waals surface area (Å²) in [7, 11) is 0. The molecule has 0 radical (unpaired) electrons. The van der Waals surface area contributed by atoms with Crippen LogP contribution in [-0.2, 0) is 14.4 Å². The van der Waals surface area contributed by atoms with Crippen LogP contribution in [0.1, 0.15) is 51.9 Å². The molecule has 2 N–H and O–H groups in total. The smallest absolute Gasteiger partial charge is 0.229 e. The molecule has 1 aliphatic carbocycles. The number of hydrogen-bond donors (Lipinski definition) is 2. The number of imide groups is 1. The number of amides is 3. The van der Waals surface area contributed by atoms with Crippen LogP contribution in [0.15, 0.2) is 0 Å². The van der Waals surface area contributed by atoms with Gasteiger partial charge in [-0.25, -0.2) is 0 Å². The first kappa shape index (κ1) is 15.9. The topological polar surface area (TPSA) is 86.7 Å². The van der Waals surface area contributed by atoms with Gasteiger partial charge in [0.15, 0.2) is 0 Å². The number of likely N-dealkylation sites (tertiary alicyclic amines) is 1. The van der Waals surface area contributed by atoms with E-state index in [-0.39, 0.29) is 50.1 Å². The van der Waals surface area contributed by atoms with Crippen molar-refractivity contribution in [3.05, 3.63) is 0 Å². The van der Waals surface area contributed by atoms with E-state index in [1.165, 1.54) is 0 Å². The largest absolute Gasteiger partial charge is 0.388 e. The highest BCUT2D eigenvalue weighted by atomic mass is 16.3. The Morgan fingerprint density at radius 3 is 2.67 bits per heavy atom. The molecule has 2 atom stereocenters. The lowest BCUT2D eigenvalue weighted by Gasteiger charge is -2.35. The molecule has 2 aliphatic rings. The minimum absolute atomic E-state index is 0.100. The standard InChI is InChI=1S/C15H24N2O4/c1-11-3-2-7-15(21,9-11)10-16-12(18)6-8-17-13(19)4-5-14(17)20/h11,21H,2-10H2,1H3,(H,16,18).